The number of amides is 2. The van der Waals surface area contributed by atoms with E-state index in [2.05, 4.69) is 26.2 Å². The number of nitrogens with one attached hydrogen (secondary N) is 2. The number of halogens is 2. The Morgan fingerprint density at radius 1 is 1.40 bits per heavy atom. The molecule has 1 aliphatic rings. The predicted molar refractivity (Wildman–Crippen MR) is 76.2 cm³/mol. The van der Waals surface area contributed by atoms with Gasteiger partial charge in [-0.25, -0.2) is 4.39 Å². The van der Waals surface area contributed by atoms with Crippen molar-refractivity contribution in [2.75, 3.05) is 0 Å². The van der Waals surface area contributed by atoms with Crippen LogP contribution in [0.4, 0.5) is 4.39 Å². The van der Waals surface area contributed by atoms with Crippen LogP contribution in [0.3, 0.4) is 0 Å². The Kier molecular flexibility index (Phi) is 3.21. The van der Waals surface area contributed by atoms with Crippen molar-refractivity contribution in [1.82, 2.24) is 14.9 Å². The number of piperidine rings is 1. The number of carbonyl (C=O) groups is 2. The second-order valence-corrected chi connectivity index (χ2v) is 5.79. The lowest BCUT2D eigenvalue weighted by atomic mass is 10.1. The normalized spacial score (nSPS) is 19.4. The van der Waals surface area contributed by atoms with Gasteiger partial charge in [-0.3, -0.25) is 14.9 Å². The Bertz CT molecular complexity index is 798. The van der Waals surface area contributed by atoms with Crippen LogP contribution in [0.1, 0.15) is 18.9 Å². The zero-order valence-corrected chi connectivity index (χ0v) is 12.5. The third-order valence-electron chi connectivity index (χ3n) is 3.28. The third kappa shape index (κ3) is 2.08. The van der Waals surface area contributed by atoms with E-state index in [1.54, 1.807) is 10.6 Å². The van der Waals surface area contributed by atoms with E-state index >= 15 is 0 Å². The molecule has 104 valence electrons. The Morgan fingerprint density at radius 2 is 2.15 bits per heavy atom. The molecule has 0 aliphatic carbocycles. The highest BCUT2D eigenvalue weighted by Crippen LogP contribution is 2.28. The van der Waals surface area contributed by atoms with Gasteiger partial charge in [0.15, 0.2) is 4.77 Å². The van der Waals surface area contributed by atoms with E-state index in [1.165, 1.54) is 6.07 Å². The van der Waals surface area contributed by atoms with Crippen molar-refractivity contribution in [3.63, 3.8) is 0 Å². The van der Waals surface area contributed by atoms with Gasteiger partial charge in [-0.15, -0.1) is 0 Å². The number of H-pyrrole nitrogens is 1. The highest BCUT2D eigenvalue weighted by atomic mass is 79.9. The Morgan fingerprint density at radius 3 is 2.85 bits per heavy atom. The fraction of sp³-hybridized carbons (Fsp3) is 0.250. The zero-order valence-electron chi connectivity index (χ0n) is 10.1. The van der Waals surface area contributed by atoms with E-state index < -0.39 is 17.8 Å². The molecule has 2 amide bonds. The van der Waals surface area contributed by atoms with Gasteiger partial charge in [0.05, 0.1) is 15.5 Å². The Balaban J connectivity index is 2.18. The minimum Gasteiger partial charge on any atom is -0.331 e. The van der Waals surface area contributed by atoms with Crippen LogP contribution in [-0.2, 0) is 9.59 Å². The summed E-state index contributed by atoms with van der Waals surface area (Å²) in [5.74, 6) is -1.15. The van der Waals surface area contributed by atoms with Crippen LogP contribution in [0, 0.1) is 10.6 Å². The molecule has 1 aliphatic heterocycles. The summed E-state index contributed by atoms with van der Waals surface area (Å²) in [6, 6.07) is 2.28. The monoisotopic (exact) mass is 357 g/mol. The number of rotatable bonds is 1. The molecule has 5 nitrogen and oxygen atoms in total. The van der Waals surface area contributed by atoms with Gasteiger partial charge in [0.2, 0.25) is 11.8 Å². The largest absolute Gasteiger partial charge is 0.331 e. The van der Waals surface area contributed by atoms with E-state index in [1.807, 2.05) is 0 Å². The number of imidazole rings is 1. The number of hydrogen-bond acceptors (Lipinski definition) is 3. The topological polar surface area (TPSA) is 66.9 Å². The molecular formula is C12H9BrFN3O2S. The lowest BCUT2D eigenvalue weighted by Crippen LogP contribution is -2.41. The van der Waals surface area contributed by atoms with E-state index in [0.717, 1.165) is 0 Å². The molecule has 1 aromatic carbocycles. The van der Waals surface area contributed by atoms with Gasteiger partial charge in [-0.2, -0.15) is 0 Å². The standard InChI is InChI=1S/C12H9BrFN3O2S/c13-5-3-7-9(4-6(5)14)17(12(20)15-7)8-1-2-10(18)16-11(8)19/h3-4,8H,1-2H2,(H,15,20)(H,16,18,19). The molecule has 1 saturated heterocycles. The number of aromatic nitrogens is 2. The fourth-order valence-electron chi connectivity index (χ4n) is 2.36. The number of imide groups is 1. The zero-order chi connectivity index (χ0) is 14.4. The number of nitrogens with zero attached hydrogens (tertiary/aromatic N) is 1. The molecule has 1 aromatic heterocycles. The summed E-state index contributed by atoms with van der Waals surface area (Å²) >= 11 is 8.31. The molecule has 1 fully saturated rings. The van der Waals surface area contributed by atoms with E-state index in [-0.39, 0.29) is 12.3 Å². The summed E-state index contributed by atoms with van der Waals surface area (Å²) < 4.78 is 15.9. The van der Waals surface area contributed by atoms with Crippen LogP contribution < -0.4 is 5.32 Å². The summed E-state index contributed by atoms with van der Waals surface area (Å²) in [7, 11) is 0. The van der Waals surface area contributed by atoms with Crippen LogP contribution >= 0.6 is 28.1 Å². The molecule has 2 aromatic rings. The fourth-order valence-corrected chi connectivity index (χ4v) is 3.04. The SMILES string of the molecule is O=C1CCC(n2c(=S)[nH]c3cc(Br)c(F)cc32)C(=O)N1. The average molecular weight is 358 g/mol. The Hall–Kier alpha value is -1.54. The minimum absolute atomic E-state index is 0.240. The molecule has 1 atom stereocenters. The first-order valence-corrected chi connectivity index (χ1v) is 7.10. The molecule has 2 heterocycles. The number of aromatic amines is 1. The van der Waals surface area contributed by atoms with Crippen molar-refractivity contribution in [3.05, 3.63) is 27.2 Å². The van der Waals surface area contributed by atoms with Crippen molar-refractivity contribution in [1.29, 1.82) is 0 Å². The molecule has 0 bridgehead atoms. The highest BCUT2D eigenvalue weighted by Gasteiger charge is 2.29. The molecule has 20 heavy (non-hydrogen) atoms. The third-order valence-corrected chi connectivity index (χ3v) is 4.19. The van der Waals surface area contributed by atoms with Gasteiger partial charge in [0.1, 0.15) is 11.9 Å². The van der Waals surface area contributed by atoms with Crippen molar-refractivity contribution in [2.24, 2.45) is 0 Å². The van der Waals surface area contributed by atoms with Gasteiger partial charge in [0, 0.05) is 12.5 Å². The van der Waals surface area contributed by atoms with E-state index in [0.29, 0.717) is 26.7 Å². The predicted octanol–water partition coefficient (Wildman–Crippen LogP) is 2.58. The van der Waals surface area contributed by atoms with Crippen molar-refractivity contribution in [2.45, 2.75) is 18.9 Å². The number of benzene rings is 1. The van der Waals surface area contributed by atoms with Crippen LogP contribution in [-0.4, -0.2) is 21.4 Å². The lowest BCUT2D eigenvalue weighted by Gasteiger charge is -2.22. The van der Waals surface area contributed by atoms with Gasteiger partial charge >= 0.3 is 0 Å². The molecule has 0 radical (unpaired) electrons. The summed E-state index contributed by atoms with van der Waals surface area (Å²) in [5, 5.41) is 2.27. The molecular weight excluding hydrogens is 349 g/mol. The second-order valence-electron chi connectivity index (χ2n) is 4.55. The Labute approximate surface area is 126 Å². The highest BCUT2D eigenvalue weighted by molar-refractivity contribution is 9.10. The number of fused-ring (bicyclic) bond motifs is 1. The molecule has 0 saturated carbocycles. The van der Waals surface area contributed by atoms with Crippen LogP contribution in [0.15, 0.2) is 16.6 Å². The van der Waals surface area contributed by atoms with Gasteiger partial charge in [0.25, 0.3) is 0 Å². The van der Waals surface area contributed by atoms with Gasteiger partial charge in [-0.1, -0.05) is 0 Å². The molecule has 0 spiro atoms. The van der Waals surface area contributed by atoms with E-state index in [9.17, 15) is 14.0 Å². The summed E-state index contributed by atoms with van der Waals surface area (Å²) in [6.45, 7) is 0. The lowest BCUT2D eigenvalue weighted by molar-refractivity contribution is -0.135. The minimum atomic E-state index is -0.602. The van der Waals surface area contributed by atoms with Crippen molar-refractivity contribution in [3.8, 4) is 0 Å². The quantitative estimate of drug-likeness (QED) is 0.608. The van der Waals surface area contributed by atoms with E-state index in [4.69, 9.17) is 12.2 Å². The van der Waals surface area contributed by atoms with Gasteiger partial charge in [-0.05, 0) is 40.6 Å². The molecule has 1 unspecified atom stereocenters. The molecule has 2 N–H and O–H groups in total. The van der Waals surface area contributed by atoms with Crippen molar-refractivity contribution < 1.29 is 14.0 Å². The summed E-state index contributed by atoms with van der Waals surface area (Å²) in [5.41, 5.74) is 1.14. The van der Waals surface area contributed by atoms with Crippen LogP contribution in [0.2, 0.25) is 0 Å². The maximum Gasteiger partial charge on any atom is 0.249 e. The molecule has 8 heteroatoms. The number of carbonyl (C=O) groups excluding carboxylic acids is 2. The van der Waals surface area contributed by atoms with Crippen LogP contribution in [0.5, 0.6) is 0 Å². The maximum atomic E-state index is 13.7. The molecule has 3 rings (SSSR count). The first-order chi connectivity index (χ1) is 9.47. The smallest absolute Gasteiger partial charge is 0.249 e. The second kappa shape index (κ2) is 4.78. The maximum absolute atomic E-state index is 13.7. The van der Waals surface area contributed by atoms with Gasteiger partial charge < -0.3 is 9.55 Å². The van der Waals surface area contributed by atoms with Crippen molar-refractivity contribution >= 4 is 51.0 Å². The summed E-state index contributed by atoms with van der Waals surface area (Å²) in [6.07, 6.45) is 0.591. The average Bonchev–Trinajstić information content (AvgIpc) is 2.66. The first-order valence-electron chi connectivity index (χ1n) is 5.90. The first kappa shape index (κ1) is 13.4. The number of hydrogen-bond donors (Lipinski definition) is 2. The summed E-state index contributed by atoms with van der Waals surface area (Å²) in [4.78, 5) is 26.1. The van der Waals surface area contributed by atoms with Crippen LogP contribution in [0.25, 0.3) is 11.0 Å².